The summed E-state index contributed by atoms with van der Waals surface area (Å²) >= 11 is 0. The molecular weight excluding hydrogens is 226 g/mol. The molecule has 0 bridgehead atoms. The number of ether oxygens (including phenoxy) is 1. The second-order valence-corrected chi connectivity index (χ2v) is 4.47. The SMILES string of the molecule is COC(=O)C(NC/C=C/c1ccccc1)C(C)C. The summed E-state index contributed by atoms with van der Waals surface area (Å²) in [4.78, 5) is 11.5. The first-order chi connectivity index (χ1) is 8.65. The van der Waals surface area contributed by atoms with Crippen LogP contribution in [0.3, 0.4) is 0 Å². The zero-order valence-electron chi connectivity index (χ0n) is 11.2. The third kappa shape index (κ3) is 4.72. The lowest BCUT2D eigenvalue weighted by Gasteiger charge is -2.18. The van der Waals surface area contributed by atoms with E-state index < -0.39 is 0 Å². The van der Waals surface area contributed by atoms with Gasteiger partial charge in [-0.05, 0) is 11.5 Å². The van der Waals surface area contributed by atoms with E-state index in [0.717, 1.165) is 5.56 Å². The Bertz CT molecular complexity index is 385. The molecule has 0 radical (unpaired) electrons. The summed E-state index contributed by atoms with van der Waals surface area (Å²) in [5.74, 6) is 0.000636. The van der Waals surface area contributed by atoms with Gasteiger partial charge in [-0.1, -0.05) is 56.3 Å². The van der Waals surface area contributed by atoms with Crippen molar-refractivity contribution in [1.29, 1.82) is 0 Å². The molecule has 0 heterocycles. The zero-order valence-corrected chi connectivity index (χ0v) is 11.2. The maximum Gasteiger partial charge on any atom is 0.323 e. The van der Waals surface area contributed by atoms with E-state index in [-0.39, 0.29) is 17.9 Å². The Balaban J connectivity index is 2.44. The number of hydrogen-bond donors (Lipinski definition) is 1. The summed E-state index contributed by atoms with van der Waals surface area (Å²) < 4.78 is 4.76. The van der Waals surface area contributed by atoms with Crippen LogP contribution in [-0.2, 0) is 9.53 Å². The quantitative estimate of drug-likeness (QED) is 0.785. The number of methoxy groups -OCH3 is 1. The lowest BCUT2D eigenvalue weighted by atomic mass is 10.0. The van der Waals surface area contributed by atoms with Gasteiger partial charge in [0.2, 0.25) is 0 Å². The third-order valence-corrected chi connectivity index (χ3v) is 2.69. The van der Waals surface area contributed by atoms with E-state index in [1.54, 1.807) is 0 Å². The predicted molar refractivity (Wildman–Crippen MR) is 74.1 cm³/mol. The van der Waals surface area contributed by atoms with Gasteiger partial charge < -0.3 is 10.1 Å². The highest BCUT2D eigenvalue weighted by molar-refractivity contribution is 5.75. The van der Waals surface area contributed by atoms with Crippen LogP contribution in [0.5, 0.6) is 0 Å². The van der Waals surface area contributed by atoms with Crippen molar-refractivity contribution < 1.29 is 9.53 Å². The van der Waals surface area contributed by atoms with Crippen molar-refractivity contribution in [3.05, 3.63) is 42.0 Å². The normalized spacial score (nSPS) is 12.9. The summed E-state index contributed by atoms with van der Waals surface area (Å²) in [5.41, 5.74) is 1.15. The summed E-state index contributed by atoms with van der Waals surface area (Å²) in [6, 6.07) is 9.81. The molecule has 1 unspecified atom stereocenters. The lowest BCUT2D eigenvalue weighted by molar-refractivity contribution is -0.144. The molecule has 0 aliphatic rings. The topological polar surface area (TPSA) is 38.3 Å². The van der Waals surface area contributed by atoms with E-state index in [1.165, 1.54) is 7.11 Å². The van der Waals surface area contributed by atoms with Crippen LogP contribution < -0.4 is 5.32 Å². The Morgan fingerprint density at radius 2 is 2.00 bits per heavy atom. The van der Waals surface area contributed by atoms with Gasteiger partial charge in [-0.3, -0.25) is 4.79 Å². The zero-order chi connectivity index (χ0) is 13.4. The lowest BCUT2D eigenvalue weighted by Crippen LogP contribution is -2.41. The molecule has 98 valence electrons. The number of benzene rings is 1. The monoisotopic (exact) mass is 247 g/mol. The smallest absolute Gasteiger partial charge is 0.323 e. The largest absolute Gasteiger partial charge is 0.468 e. The van der Waals surface area contributed by atoms with Gasteiger partial charge in [-0.25, -0.2) is 0 Å². The number of hydrogen-bond acceptors (Lipinski definition) is 3. The van der Waals surface area contributed by atoms with Gasteiger partial charge in [0.05, 0.1) is 7.11 Å². The van der Waals surface area contributed by atoms with E-state index in [9.17, 15) is 4.79 Å². The Morgan fingerprint density at radius 1 is 1.33 bits per heavy atom. The van der Waals surface area contributed by atoms with Crippen LogP contribution in [0, 0.1) is 5.92 Å². The minimum atomic E-state index is -0.254. The van der Waals surface area contributed by atoms with E-state index >= 15 is 0 Å². The van der Waals surface area contributed by atoms with Crippen molar-refractivity contribution in [3.63, 3.8) is 0 Å². The van der Waals surface area contributed by atoms with Crippen molar-refractivity contribution in [2.45, 2.75) is 19.9 Å². The summed E-state index contributed by atoms with van der Waals surface area (Å²) in [5, 5.41) is 3.18. The first-order valence-electron chi connectivity index (χ1n) is 6.18. The van der Waals surface area contributed by atoms with Crippen molar-refractivity contribution in [2.75, 3.05) is 13.7 Å². The molecule has 0 fully saturated rings. The highest BCUT2D eigenvalue weighted by Crippen LogP contribution is 2.04. The van der Waals surface area contributed by atoms with Crippen molar-refractivity contribution in [1.82, 2.24) is 5.32 Å². The van der Waals surface area contributed by atoms with Crippen molar-refractivity contribution in [3.8, 4) is 0 Å². The minimum absolute atomic E-state index is 0.210. The maximum absolute atomic E-state index is 11.5. The van der Waals surface area contributed by atoms with Crippen molar-refractivity contribution in [2.24, 2.45) is 5.92 Å². The first kappa shape index (κ1) is 14.5. The maximum atomic E-state index is 11.5. The molecule has 1 aromatic rings. The summed E-state index contributed by atoms with van der Waals surface area (Å²) in [7, 11) is 1.42. The van der Waals surface area contributed by atoms with Crippen LogP contribution >= 0.6 is 0 Å². The summed E-state index contributed by atoms with van der Waals surface area (Å²) in [6.07, 6.45) is 4.04. The molecule has 1 atom stereocenters. The fourth-order valence-electron chi connectivity index (χ4n) is 1.67. The third-order valence-electron chi connectivity index (χ3n) is 2.69. The molecule has 0 aliphatic carbocycles. The Kier molecular flexibility index (Phi) is 6.15. The van der Waals surface area contributed by atoms with E-state index in [1.807, 2.05) is 56.3 Å². The van der Waals surface area contributed by atoms with Gasteiger partial charge in [-0.15, -0.1) is 0 Å². The van der Waals surface area contributed by atoms with Gasteiger partial charge in [0, 0.05) is 6.54 Å². The Hall–Kier alpha value is -1.61. The molecule has 0 amide bonds. The fraction of sp³-hybridized carbons (Fsp3) is 0.400. The van der Waals surface area contributed by atoms with Gasteiger partial charge in [0.1, 0.15) is 6.04 Å². The average Bonchev–Trinajstić information content (AvgIpc) is 2.38. The first-order valence-corrected chi connectivity index (χ1v) is 6.18. The molecule has 0 saturated carbocycles. The minimum Gasteiger partial charge on any atom is -0.468 e. The van der Waals surface area contributed by atoms with Gasteiger partial charge in [0.15, 0.2) is 0 Å². The van der Waals surface area contributed by atoms with E-state index in [2.05, 4.69) is 5.32 Å². The molecular formula is C15H21NO2. The molecule has 0 aliphatic heterocycles. The standard InChI is InChI=1S/C15H21NO2/c1-12(2)14(15(17)18-3)16-11-7-10-13-8-5-4-6-9-13/h4-10,12,14,16H,11H2,1-3H3/b10-7+. The fourth-order valence-corrected chi connectivity index (χ4v) is 1.67. The molecule has 18 heavy (non-hydrogen) atoms. The number of esters is 1. The number of carbonyl (C=O) groups is 1. The molecule has 0 aromatic heterocycles. The second kappa shape index (κ2) is 7.67. The predicted octanol–water partition coefficient (Wildman–Crippen LogP) is 2.49. The van der Waals surface area contributed by atoms with Crippen molar-refractivity contribution >= 4 is 12.0 Å². The molecule has 1 N–H and O–H groups in total. The van der Waals surface area contributed by atoms with E-state index in [0.29, 0.717) is 6.54 Å². The van der Waals surface area contributed by atoms with Crippen LogP contribution in [0.15, 0.2) is 36.4 Å². The Labute approximate surface area is 109 Å². The molecule has 0 spiro atoms. The van der Waals surface area contributed by atoms with Gasteiger partial charge >= 0.3 is 5.97 Å². The Morgan fingerprint density at radius 3 is 2.56 bits per heavy atom. The second-order valence-electron chi connectivity index (χ2n) is 4.47. The highest BCUT2D eigenvalue weighted by Gasteiger charge is 2.21. The molecule has 3 nitrogen and oxygen atoms in total. The van der Waals surface area contributed by atoms with Gasteiger partial charge in [0.25, 0.3) is 0 Å². The average molecular weight is 247 g/mol. The number of rotatable bonds is 6. The summed E-state index contributed by atoms with van der Waals surface area (Å²) in [6.45, 7) is 4.64. The highest BCUT2D eigenvalue weighted by atomic mass is 16.5. The van der Waals surface area contributed by atoms with Crippen LogP contribution in [0.2, 0.25) is 0 Å². The molecule has 1 aromatic carbocycles. The number of carbonyl (C=O) groups excluding carboxylic acids is 1. The van der Waals surface area contributed by atoms with E-state index in [4.69, 9.17) is 4.74 Å². The van der Waals surface area contributed by atoms with Crippen LogP contribution in [0.25, 0.3) is 6.08 Å². The molecule has 3 heteroatoms. The molecule has 0 saturated heterocycles. The van der Waals surface area contributed by atoms with Crippen LogP contribution in [0.1, 0.15) is 19.4 Å². The number of nitrogens with one attached hydrogen (secondary N) is 1. The van der Waals surface area contributed by atoms with Crippen LogP contribution in [-0.4, -0.2) is 25.7 Å². The van der Waals surface area contributed by atoms with Gasteiger partial charge in [-0.2, -0.15) is 0 Å². The van der Waals surface area contributed by atoms with Crippen LogP contribution in [0.4, 0.5) is 0 Å². The molecule has 1 rings (SSSR count).